The fraction of sp³-hybridized carbons (Fsp3) is 0.714. The summed E-state index contributed by atoms with van der Waals surface area (Å²) < 4.78 is 4.67. The molecule has 0 bridgehead atoms. The van der Waals surface area contributed by atoms with Crippen LogP contribution in [0.25, 0.3) is 0 Å². The van der Waals surface area contributed by atoms with Gasteiger partial charge in [-0.15, -0.1) is 12.3 Å². The molecule has 2 unspecified atom stereocenters. The van der Waals surface area contributed by atoms with Crippen LogP contribution in [0.5, 0.6) is 0 Å². The van der Waals surface area contributed by atoms with E-state index in [4.69, 9.17) is 6.42 Å². The molecule has 4 nitrogen and oxygen atoms in total. The first kappa shape index (κ1) is 16.7. The molecule has 0 aromatic rings. The number of methoxy groups -OCH3 is 1. The normalized spacial score (nSPS) is 17.1. The molecule has 3 atom stereocenters. The Kier molecular flexibility index (Phi) is 6.64. The molecule has 0 spiro atoms. The molecule has 0 aliphatic heterocycles. The molecule has 0 radical (unpaired) electrons. The molecule has 1 N–H and O–H groups in total. The van der Waals surface area contributed by atoms with Crippen LogP contribution in [0, 0.1) is 29.6 Å². The van der Waals surface area contributed by atoms with Gasteiger partial charge < -0.3 is 9.84 Å². The van der Waals surface area contributed by atoms with Crippen LogP contribution in [0.3, 0.4) is 0 Å². The number of aliphatic hydroxyl groups is 1. The van der Waals surface area contributed by atoms with Crippen LogP contribution in [0.2, 0.25) is 0 Å². The van der Waals surface area contributed by atoms with Gasteiger partial charge in [0, 0.05) is 24.9 Å². The molecular formula is C14H22O4. The predicted molar refractivity (Wildman–Crippen MR) is 68.6 cm³/mol. The van der Waals surface area contributed by atoms with Crippen molar-refractivity contribution in [2.45, 2.75) is 33.6 Å². The Labute approximate surface area is 109 Å². The van der Waals surface area contributed by atoms with Crippen molar-refractivity contribution >= 4 is 11.8 Å². The van der Waals surface area contributed by atoms with Crippen molar-refractivity contribution in [1.82, 2.24) is 0 Å². The number of Topliss-reactive ketones (excluding diaryl/α,β-unsaturated/α-hetero) is 1. The Balaban J connectivity index is 4.93. The van der Waals surface area contributed by atoms with Crippen molar-refractivity contribution in [1.29, 1.82) is 0 Å². The fourth-order valence-corrected chi connectivity index (χ4v) is 1.68. The lowest BCUT2D eigenvalue weighted by Gasteiger charge is -2.26. The van der Waals surface area contributed by atoms with Crippen molar-refractivity contribution in [3.05, 3.63) is 0 Å². The standard InChI is InChI=1S/C14H22O4/c1-6-10(3)11(9-15)8-12(16)14(4,7-2)13(17)18-5/h1,10-11,15H,7-9H2,2-5H3/t10?,11?,14-/m0/s1. The van der Waals surface area contributed by atoms with Crippen molar-refractivity contribution in [2.75, 3.05) is 13.7 Å². The second kappa shape index (κ2) is 7.17. The summed E-state index contributed by atoms with van der Waals surface area (Å²) >= 11 is 0. The Morgan fingerprint density at radius 2 is 2.06 bits per heavy atom. The number of hydrogen-bond donors (Lipinski definition) is 1. The lowest BCUT2D eigenvalue weighted by molar-refractivity contribution is -0.157. The zero-order valence-electron chi connectivity index (χ0n) is 11.5. The van der Waals surface area contributed by atoms with Crippen LogP contribution in [0.15, 0.2) is 0 Å². The molecule has 0 rings (SSSR count). The van der Waals surface area contributed by atoms with Gasteiger partial charge in [-0.1, -0.05) is 13.8 Å². The van der Waals surface area contributed by atoms with Gasteiger partial charge in [-0.2, -0.15) is 0 Å². The minimum atomic E-state index is -1.16. The summed E-state index contributed by atoms with van der Waals surface area (Å²) in [6.07, 6.45) is 5.73. The molecule has 18 heavy (non-hydrogen) atoms. The largest absolute Gasteiger partial charge is 0.468 e. The van der Waals surface area contributed by atoms with Crippen LogP contribution in [-0.2, 0) is 14.3 Å². The molecule has 0 aliphatic carbocycles. The molecule has 102 valence electrons. The number of rotatable bonds is 7. The van der Waals surface area contributed by atoms with Gasteiger partial charge in [-0.05, 0) is 13.3 Å². The van der Waals surface area contributed by atoms with Crippen LogP contribution < -0.4 is 0 Å². The van der Waals surface area contributed by atoms with Crippen molar-refractivity contribution < 1.29 is 19.4 Å². The molecule has 0 saturated heterocycles. The number of aliphatic hydroxyl groups excluding tert-OH is 1. The maximum absolute atomic E-state index is 12.2. The Morgan fingerprint density at radius 1 is 1.50 bits per heavy atom. The molecule has 0 amide bonds. The van der Waals surface area contributed by atoms with Gasteiger partial charge in [0.1, 0.15) is 11.2 Å². The van der Waals surface area contributed by atoms with Gasteiger partial charge >= 0.3 is 5.97 Å². The topological polar surface area (TPSA) is 63.6 Å². The van der Waals surface area contributed by atoms with Gasteiger partial charge in [0.05, 0.1) is 7.11 Å². The van der Waals surface area contributed by atoms with E-state index in [0.29, 0.717) is 6.42 Å². The smallest absolute Gasteiger partial charge is 0.319 e. The summed E-state index contributed by atoms with van der Waals surface area (Å²) in [5.74, 6) is 1.19. The highest BCUT2D eigenvalue weighted by Crippen LogP contribution is 2.29. The highest BCUT2D eigenvalue weighted by atomic mass is 16.5. The van der Waals surface area contributed by atoms with Gasteiger partial charge in [0.15, 0.2) is 0 Å². The number of hydrogen-bond acceptors (Lipinski definition) is 4. The molecule has 0 aliphatic rings. The van der Waals surface area contributed by atoms with E-state index in [1.165, 1.54) is 7.11 Å². The first-order valence-electron chi connectivity index (χ1n) is 6.06. The van der Waals surface area contributed by atoms with E-state index >= 15 is 0 Å². The van der Waals surface area contributed by atoms with E-state index in [2.05, 4.69) is 10.7 Å². The summed E-state index contributed by atoms with van der Waals surface area (Å²) in [4.78, 5) is 23.9. The zero-order chi connectivity index (χ0) is 14.3. The van der Waals surface area contributed by atoms with Crippen LogP contribution in [0.1, 0.15) is 33.6 Å². The van der Waals surface area contributed by atoms with Crippen LogP contribution in [-0.4, -0.2) is 30.6 Å². The molecule has 0 saturated carbocycles. The first-order valence-corrected chi connectivity index (χ1v) is 6.06. The number of carbonyl (C=O) groups excluding carboxylic acids is 2. The summed E-state index contributed by atoms with van der Waals surface area (Å²) in [6, 6.07) is 0. The molecule has 4 heteroatoms. The second-order valence-corrected chi connectivity index (χ2v) is 4.70. The quantitative estimate of drug-likeness (QED) is 0.424. The van der Waals surface area contributed by atoms with Gasteiger partial charge in [-0.25, -0.2) is 0 Å². The summed E-state index contributed by atoms with van der Waals surface area (Å²) in [6.45, 7) is 4.93. The fourth-order valence-electron chi connectivity index (χ4n) is 1.68. The second-order valence-electron chi connectivity index (χ2n) is 4.70. The number of terminal acetylenes is 1. The predicted octanol–water partition coefficient (Wildman–Crippen LogP) is 1.41. The number of carbonyl (C=O) groups is 2. The minimum Gasteiger partial charge on any atom is -0.468 e. The summed E-state index contributed by atoms with van der Waals surface area (Å²) in [5, 5.41) is 9.25. The molecule has 0 fully saturated rings. The van der Waals surface area contributed by atoms with E-state index < -0.39 is 11.4 Å². The minimum absolute atomic E-state index is 0.0846. The maximum atomic E-state index is 12.2. The zero-order valence-corrected chi connectivity index (χ0v) is 11.5. The Hall–Kier alpha value is -1.34. The molecule has 0 aromatic carbocycles. The SMILES string of the molecule is C#CC(C)C(CO)CC(=O)[C@](C)(CC)C(=O)OC. The average molecular weight is 254 g/mol. The summed E-state index contributed by atoms with van der Waals surface area (Å²) in [7, 11) is 1.26. The third-order valence-corrected chi connectivity index (χ3v) is 3.61. The van der Waals surface area contributed by atoms with E-state index in [0.717, 1.165) is 0 Å². The van der Waals surface area contributed by atoms with Gasteiger partial charge in [0.25, 0.3) is 0 Å². The lowest BCUT2D eigenvalue weighted by Crippen LogP contribution is -2.38. The highest BCUT2D eigenvalue weighted by Gasteiger charge is 2.41. The van der Waals surface area contributed by atoms with Gasteiger partial charge in [-0.3, -0.25) is 9.59 Å². The van der Waals surface area contributed by atoms with E-state index in [9.17, 15) is 14.7 Å². The summed E-state index contributed by atoms with van der Waals surface area (Å²) in [5.41, 5.74) is -1.16. The number of ether oxygens (including phenoxy) is 1. The van der Waals surface area contributed by atoms with E-state index in [1.54, 1.807) is 20.8 Å². The van der Waals surface area contributed by atoms with Crippen LogP contribution >= 0.6 is 0 Å². The molecule has 0 heterocycles. The third-order valence-electron chi connectivity index (χ3n) is 3.61. The van der Waals surface area contributed by atoms with Crippen molar-refractivity contribution in [2.24, 2.45) is 17.3 Å². The van der Waals surface area contributed by atoms with E-state index in [1.807, 2.05) is 0 Å². The Morgan fingerprint density at radius 3 is 2.39 bits per heavy atom. The lowest BCUT2D eigenvalue weighted by atomic mass is 9.77. The number of esters is 1. The maximum Gasteiger partial charge on any atom is 0.319 e. The highest BCUT2D eigenvalue weighted by molar-refractivity contribution is 6.03. The monoisotopic (exact) mass is 254 g/mol. The number of ketones is 1. The molecular weight excluding hydrogens is 232 g/mol. The van der Waals surface area contributed by atoms with Crippen molar-refractivity contribution in [3.8, 4) is 12.3 Å². The average Bonchev–Trinajstić information content (AvgIpc) is 2.41. The molecule has 0 aromatic heterocycles. The Bertz CT molecular complexity index is 342. The first-order chi connectivity index (χ1) is 8.37. The van der Waals surface area contributed by atoms with Crippen LogP contribution in [0.4, 0.5) is 0 Å². The third kappa shape index (κ3) is 3.58. The van der Waals surface area contributed by atoms with E-state index in [-0.39, 0.29) is 30.6 Å². The van der Waals surface area contributed by atoms with Gasteiger partial charge in [0.2, 0.25) is 0 Å². The van der Waals surface area contributed by atoms with Crippen molar-refractivity contribution in [3.63, 3.8) is 0 Å².